The number of ether oxygens (including phenoxy) is 4. The van der Waals surface area contributed by atoms with E-state index >= 15 is 0 Å². The van der Waals surface area contributed by atoms with Crippen LogP contribution in [0.25, 0.3) is 0 Å². The molecule has 11 nitrogen and oxygen atoms in total. The SMILES string of the molecule is COC(=O)c1ccc(Oc2ncnc(Nc3cc(C(=O)OC)cc(C(=O)OC)c3)c2N)cc1. The number of carbonyl (C=O) groups is 3. The smallest absolute Gasteiger partial charge is 0.337 e. The number of nitrogens with one attached hydrogen (secondary N) is 1. The highest BCUT2D eigenvalue weighted by Gasteiger charge is 2.16. The molecule has 0 aliphatic carbocycles. The number of nitrogens with zero attached hydrogens (tertiary/aromatic N) is 2. The Morgan fingerprint density at radius 2 is 1.33 bits per heavy atom. The molecule has 1 aromatic heterocycles. The molecule has 0 amide bonds. The van der Waals surface area contributed by atoms with Crippen molar-refractivity contribution in [3.63, 3.8) is 0 Å². The van der Waals surface area contributed by atoms with Crippen molar-refractivity contribution in [3.8, 4) is 11.6 Å². The predicted molar refractivity (Wildman–Crippen MR) is 117 cm³/mol. The topological polar surface area (TPSA) is 152 Å². The Morgan fingerprint density at radius 1 is 0.788 bits per heavy atom. The van der Waals surface area contributed by atoms with Gasteiger partial charge in [0.2, 0.25) is 5.88 Å². The molecule has 0 spiro atoms. The van der Waals surface area contributed by atoms with Gasteiger partial charge in [-0.2, -0.15) is 4.98 Å². The average Bonchev–Trinajstić information content (AvgIpc) is 2.85. The molecule has 0 radical (unpaired) electrons. The zero-order chi connectivity index (χ0) is 24.0. The van der Waals surface area contributed by atoms with Crippen LogP contribution in [0.2, 0.25) is 0 Å². The van der Waals surface area contributed by atoms with Gasteiger partial charge in [-0.05, 0) is 42.5 Å². The van der Waals surface area contributed by atoms with E-state index in [1.165, 1.54) is 58.0 Å². The monoisotopic (exact) mass is 452 g/mol. The first-order valence-corrected chi connectivity index (χ1v) is 9.41. The van der Waals surface area contributed by atoms with Crippen LogP contribution in [-0.4, -0.2) is 49.2 Å². The minimum atomic E-state index is -0.640. The molecular formula is C22H20N4O7. The van der Waals surface area contributed by atoms with Crippen molar-refractivity contribution in [1.82, 2.24) is 9.97 Å². The van der Waals surface area contributed by atoms with E-state index in [2.05, 4.69) is 20.0 Å². The Bertz CT molecular complexity index is 1160. The summed E-state index contributed by atoms with van der Waals surface area (Å²) < 4.78 is 19.8. The molecular weight excluding hydrogens is 432 g/mol. The summed E-state index contributed by atoms with van der Waals surface area (Å²) in [6.45, 7) is 0. The van der Waals surface area contributed by atoms with E-state index in [0.29, 0.717) is 17.0 Å². The number of hydrogen-bond acceptors (Lipinski definition) is 11. The third kappa shape index (κ3) is 5.34. The van der Waals surface area contributed by atoms with Crippen LogP contribution in [0.5, 0.6) is 11.6 Å². The van der Waals surface area contributed by atoms with E-state index in [4.69, 9.17) is 19.9 Å². The predicted octanol–water partition coefficient (Wildman–Crippen LogP) is 2.95. The number of aromatic nitrogens is 2. The summed E-state index contributed by atoms with van der Waals surface area (Å²) in [4.78, 5) is 43.7. The lowest BCUT2D eigenvalue weighted by Crippen LogP contribution is -2.09. The summed E-state index contributed by atoms with van der Waals surface area (Å²) >= 11 is 0. The molecule has 170 valence electrons. The molecule has 1 heterocycles. The van der Waals surface area contributed by atoms with Crippen LogP contribution in [-0.2, 0) is 14.2 Å². The maximum atomic E-state index is 12.0. The molecule has 0 atom stereocenters. The van der Waals surface area contributed by atoms with Crippen molar-refractivity contribution in [2.45, 2.75) is 0 Å². The molecule has 0 unspecified atom stereocenters. The Morgan fingerprint density at radius 3 is 1.88 bits per heavy atom. The molecule has 11 heteroatoms. The van der Waals surface area contributed by atoms with Gasteiger partial charge >= 0.3 is 17.9 Å². The number of methoxy groups -OCH3 is 3. The number of hydrogen-bond donors (Lipinski definition) is 2. The molecule has 3 N–H and O–H groups in total. The molecule has 0 aliphatic heterocycles. The second-order valence-corrected chi connectivity index (χ2v) is 6.47. The van der Waals surface area contributed by atoms with Gasteiger partial charge in [0, 0.05) is 5.69 Å². The number of anilines is 3. The molecule has 0 saturated heterocycles. The van der Waals surface area contributed by atoms with E-state index < -0.39 is 17.9 Å². The van der Waals surface area contributed by atoms with Crippen molar-refractivity contribution >= 4 is 35.1 Å². The maximum absolute atomic E-state index is 12.0. The summed E-state index contributed by atoms with van der Waals surface area (Å²) in [5.74, 6) is -1.16. The van der Waals surface area contributed by atoms with Crippen molar-refractivity contribution in [1.29, 1.82) is 0 Å². The van der Waals surface area contributed by atoms with Gasteiger partial charge in [0.25, 0.3) is 0 Å². The van der Waals surface area contributed by atoms with Crippen molar-refractivity contribution in [2.24, 2.45) is 0 Å². The van der Waals surface area contributed by atoms with Gasteiger partial charge in [0.05, 0.1) is 38.0 Å². The van der Waals surface area contributed by atoms with Gasteiger partial charge in [0.1, 0.15) is 17.8 Å². The van der Waals surface area contributed by atoms with Gasteiger partial charge in [0.15, 0.2) is 5.82 Å². The second-order valence-electron chi connectivity index (χ2n) is 6.47. The average molecular weight is 452 g/mol. The first kappa shape index (κ1) is 23.0. The number of esters is 3. The van der Waals surface area contributed by atoms with Gasteiger partial charge in [-0.3, -0.25) is 0 Å². The molecule has 33 heavy (non-hydrogen) atoms. The highest BCUT2D eigenvalue weighted by Crippen LogP contribution is 2.31. The van der Waals surface area contributed by atoms with Gasteiger partial charge in [-0.1, -0.05) is 0 Å². The van der Waals surface area contributed by atoms with Crippen LogP contribution in [0.1, 0.15) is 31.1 Å². The number of nitrogen functional groups attached to an aromatic ring is 1. The largest absolute Gasteiger partial charge is 0.465 e. The van der Waals surface area contributed by atoms with Crippen LogP contribution < -0.4 is 15.8 Å². The van der Waals surface area contributed by atoms with E-state index in [1.54, 1.807) is 12.1 Å². The van der Waals surface area contributed by atoms with E-state index in [1.807, 2.05) is 0 Å². The normalized spacial score (nSPS) is 10.2. The third-order valence-electron chi connectivity index (χ3n) is 4.38. The van der Waals surface area contributed by atoms with Crippen LogP contribution in [0.3, 0.4) is 0 Å². The number of rotatable bonds is 7. The Labute approximate surface area is 188 Å². The zero-order valence-electron chi connectivity index (χ0n) is 17.9. The third-order valence-corrected chi connectivity index (χ3v) is 4.38. The van der Waals surface area contributed by atoms with E-state index in [0.717, 1.165) is 0 Å². The zero-order valence-corrected chi connectivity index (χ0v) is 17.9. The quantitative estimate of drug-likeness (QED) is 0.402. The highest BCUT2D eigenvalue weighted by molar-refractivity contribution is 5.97. The Balaban J connectivity index is 1.88. The molecule has 0 aliphatic rings. The summed E-state index contributed by atoms with van der Waals surface area (Å²) in [6.07, 6.45) is 1.22. The fourth-order valence-electron chi connectivity index (χ4n) is 2.76. The minimum Gasteiger partial charge on any atom is -0.465 e. The molecule has 0 bridgehead atoms. The van der Waals surface area contributed by atoms with Crippen molar-refractivity contribution in [3.05, 3.63) is 65.5 Å². The number of benzene rings is 2. The Kier molecular flexibility index (Phi) is 7.03. The number of nitrogens with two attached hydrogens (primary N) is 1. The fraction of sp³-hybridized carbons (Fsp3) is 0.136. The molecule has 2 aromatic carbocycles. The maximum Gasteiger partial charge on any atom is 0.337 e. The highest BCUT2D eigenvalue weighted by atomic mass is 16.5. The molecule has 3 aromatic rings. The van der Waals surface area contributed by atoms with Crippen LogP contribution in [0.15, 0.2) is 48.8 Å². The first-order chi connectivity index (χ1) is 15.9. The first-order valence-electron chi connectivity index (χ1n) is 9.41. The van der Waals surface area contributed by atoms with Gasteiger partial charge in [-0.25, -0.2) is 19.4 Å². The van der Waals surface area contributed by atoms with Crippen LogP contribution >= 0.6 is 0 Å². The minimum absolute atomic E-state index is 0.0515. The lowest BCUT2D eigenvalue weighted by Gasteiger charge is -2.13. The second kappa shape index (κ2) is 10.1. The van der Waals surface area contributed by atoms with Gasteiger partial charge in [-0.15, -0.1) is 0 Å². The molecule has 0 fully saturated rings. The standard InChI is InChI=1S/C22H20N4O7/c1-30-20(27)12-4-6-16(7-5-12)33-19-17(23)18(24-11-25-19)26-15-9-13(21(28)31-2)8-14(10-15)22(29)32-3/h4-11H,23H2,1-3H3,(H,24,25,26). The van der Waals surface area contributed by atoms with Crippen LogP contribution in [0.4, 0.5) is 17.2 Å². The van der Waals surface area contributed by atoms with Gasteiger partial charge < -0.3 is 30.0 Å². The summed E-state index contributed by atoms with van der Waals surface area (Å²) in [7, 11) is 3.74. The van der Waals surface area contributed by atoms with Crippen molar-refractivity contribution < 1.29 is 33.3 Å². The van der Waals surface area contributed by atoms with Crippen LogP contribution in [0, 0.1) is 0 Å². The molecule has 0 saturated carbocycles. The lowest BCUT2D eigenvalue weighted by molar-refractivity contribution is 0.0587. The number of carbonyl (C=O) groups excluding carboxylic acids is 3. The summed E-state index contributed by atoms with van der Waals surface area (Å²) in [5.41, 5.74) is 7.16. The Hall–Kier alpha value is -4.67. The lowest BCUT2D eigenvalue weighted by atomic mass is 10.1. The fourth-order valence-corrected chi connectivity index (χ4v) is 2.76. The van der Waals surface area contributed by atoms with Crippen molar-refractivity contribution in [2.75, 3.05) is 32.4 Å². The van der Waals surface area contributed by atoms with E-state index in [-0.39, 0.29) is 28.5 Å². The molecule has 3 rings (SSSR count). The summed E-state index contributed by atoms with van der Waals surface area (Å²) in [6, 6.07) is 10.5. The summed E-state index contributed by atoms with van der Waals surface area (Å²) in [5, 5.41) is 2.94. The van der Waals surface area contributed by atoms with E-state index in [9.17, 15) is 14.4 Å².